The van der Waals surface area contributed by atoms with Crippen molar-refractivity contribution in [1.82, 2.24) is 5.32 Å². The first kappa shape index (κ1) is 13.3. The number of hydrogen-bond donors (Lipinski definition) is 2. The average Bonchev–Trinajstić information content (AvgIpc) is 2.83. The Bertz CT molecular complexity index is 518. The van der Waals surface area contributed by atoms with Crippen LogP contribution in [0.4, 0.5) is 11.4 Å². The zero-order chi connectivity index (χ0) is 14.0. The largest absolute Gasteiger partial charge is 0.391 e. The zero-order valence-electron chi connectivity index (χ0n) is 10.5. The highest BCUT2D eigenvalue weighted by Gasteiger charge is 2.25. The van der Waals surface area contributed by atoms with Gasteiger partial charge in [0.15, 0.2) is 0 Å². The molecule has 0 radical (unpaired) electrons. The molecule has 1 aliphatic heterocycles. The van der Waals surface area contributed by atoms with Gasteiger partial charge in [0, 0.05) is 32.3 Å². The number of non-ortho nitro benzene ring substituents is 1. The standard InChI is InChI=1S/C12H15N3O4/c1-13-12(17)10-6-8(15(18)19)2-3-11(10)14-5-4-9(16)7-14/h2-3,6,9,16H,4-5,7H2,1H3,(H,13,17)/t9-/m0/s1. The van der Waals surface area contributed by atoms with E-state index in [0.29, 0.717) is 25.2 Å². The van der Waals surface area contributed by atoms with Gasteiger partial charge in [0.2, 0.25) is 0 Å². The van der Waals surface area contributed by atoms with Crippen molar-refractivity contribution in [2.45, 2.75) is 12.5 Å². The Kier molecular flexibility index (Phi) is 3.66. The number of benzene rings is 1. The lowest BCUT2D eigenvalue weighted by molar-refractivity contribution is -0.384. The Morgan fingerprint density at radius 1 is 1.58 bits per heavy atom. The van der Waals surface area contributed by atoms with E-state index in [-0.39, 0.29) is 17.2 Å². The minimum Gasteiger partial charge on any atom is -0.391 e. The molecule has 1 atom stereocenters. The molecule has 0 bridgehead atoms. The number of nitro groups is 1. The van der Waals surface area contributed by atoms with Crippen LogP contribution in [0.2, 0.25) is 0 Å². The van der Waals surface area contributed by atoms with E-state index in [1.54, 1.807) is 6.07 Å². The highest BCUT2D eigenvalue weighted by Crippen LogP contribution is 2.28. The maximum absolute atomic E-state index is 11.8. The van der Waals surface area contributed by atoms with Crippen LogP contribution in [0.15, 0.2) is 18.2 Å². The van der Waals surface area contributed by atoms with Crippen LogP contribution in [0.3, 0.4) is 0 Å². The average molecular weight is 265 g/mol. The summed E-state index contributed by atoms with van der Waals surface area (Å²) in [5.74, 6) is -0.375. The molecular formula is C12H15N3O4. The fraction of sp³-hybridized carbons (Fsp3) is 0.417. The summed E-state index contributed by atoms with van der Waals surface area (Å²) in [5.41, 5.74) is 0.745. The van der Waals surface area contributed by atoms with Crippen LogP contribution in [0.25, 0.3) is 0 Å². The fourth-order valence-electron chi connectivity index (χ4n) is 2.19. The second-order valence-corrected chi connectivity index (χ2v) is 4.43. The minimum absolute atomic E-state index is 0.123. The second kappa shape index (κ2) is 5.23. The van der Waals surface area contributed by atoms with Gasteiger partial charge < -0.3 is 15.3 Å². The minimum atomic E-state index is -0.533. The molecule has 1 aromatic carbocycles. The predicted octanol–water partition coefficient (Wildman–Crippen LogP) is 0.525. The van der Waals surface area contributed by atoms with Crippen molar-refractivity contribution < 1.29 is 14.8 Å². The van der Waals surface area contributed by atoms with E-state index in [4.69, 9.17) is 0 Å². The van der Waals surface area contributed by atoms with Gasteiger partial charge in [-0.15, -0.1) is 0 Å². The second-order valence-electron chi connectivity index (χ2n) is 4.43. The van der Waals surface area contributed by atoms with Gasteiger partial charge in [-0.3, -0.25) is 14.9 Å². The maximum Gasteiger partial charge on any atom is 0.270 e. The van der Waals surface area contributed by atoms with Gasteiger partial charge in [-0.1, -0.05) is 0 Å². The number of carbonyl (C=O) groups excluding carboxylic acids is 1. The molecule has 0 spiro atoms. The lowest BCUT2D eigenvalue weighted by Gasteiger charge is -2.20. The Balaban J connectivity index is 2.42. The molecule has 1 heterocycles. The predicted molar refractivity (Wildman–Crippen MR) is 69.3 cm³/mol. The Hall–Kier alpha value is -2.15. The molecule has 0 aliphatic carbocycles. The first-order valence-electron chi connectivity index (χ1n) is 5.96. The van der Waals surface area contributed by atoms with Gasteiger partial charge in [0.1, 0.15) is 0 Å². The summed E-state index contributed by atoms with van der Waals surface area (Å²) in [6, 6.07) is 4.19. The molecule has 1 aromatic rings. The molecule has 7 heteroatoms. The molecule has 0 aromatic heterocycles. The van der Waals surface area contributed by atoms with Crippen molar-refractivity contribution in [3.63, 3.8) is 0 Å². The van der Waals surface area contributed by atoms with Crippen LogP contribution in [0, 0.1) is 10.1 Å². The molecule has 0 saturated carbocycles. The first-order valence-corrected chi connectivity index (χ1v) is 5.96. The van der Waals surface area contributed by atoms with Gasteiger partial charge in [-0.25, -0.2) is 0 Å². The molecule has 1 aliphatic rings. The Labute approximate surface area is 110 Å². The third kappa shape index (κ3) is 2.65. The number of amides is 1. The number of aliphatic hydroxyl groups is 1. The van der Waals surface area contributed by atoms with Crippen LogP contribution in [0.5, 0.6) is 0 Å². The van der Waals surface area contributed by atoms with E-state index in [1.165, 1.54) is 19.2 Å². The van der Waals surface area contributed by atoms with E-state index in [1.807, 2.05) is 4.90 Å². The highest BCUT2D eigenvalue weighted by molar-refractivity contribution is 6.00. The van der Waals surface area contributed by atoms with Crippen molar-refractivity contribution in [2.24, 2.45) is 0 Å². The van der Waals surface area contributed by atoms with Gasteiger partial charge in [-0.05, 0) is 12.5 Å². The molecule has 2 N–H and O–H groups in total. The summed E-state index contributed by atoms with van der Waals surface area (Å²) in [4.78, 5) is 23.9. The number of hydrogen-bond acceptors (Lipinski definition) is 5. The molecule has 1 saturated heterocycles. The monoisotopic (exact) mass is 265 g/mol. The number of rotatable bonds is 3. The van der Waals surface area contributed by atoms with E-state index in [0.717, 1.165) is 0 Å². The SMILES string of the molecule is CNC(=O)c1cc([N+](=O)[O-])ccc1N1CC[C@H](O)C1. The number of nitro benzene ring substituents is 1. The summed E-state index contributed by atoms with van der Waals surface area (Å²) in [5, 5.41) is 22.8. The van der Waals surface area contributed by atoms with Gasteiger partial charge in [0.05, 0.1) is 22.3 Å². The van der Waals surface area contributed by atoms with Crippen molar-refractivity contribution >= 4 is 17.3 Å². The van der Waals surface area contributed by atoms with Crippen LogP contribution < -0.4 is 10.2 Å². The third-order valence-electron chi connectivity index (χ3n) is 3.17. The van der Waals surface area contributed by atoms with Crippen molar-refractivity contribution in [3.05, 3.63) is 33.9 Å². The van der Waals surface area contributed by atoms with Crippen molar-refractivity contribution in [1.29, 1.82) is 0 Å². The molecule has 0 unspecified atom stereocenters. The summed E-state index contributed by atoms with van der Waals surface area (Å²) < 4.78 is 0. The van der Waals surface area contributed by atoms with Gasteiger partial charge >= 0.3 is 0 Å². The zero-order valence-corrected chi connectivity index (χ0v) is 10.5. The molecule has 7 nitrogen and oxygen atoms in total. The first-order chi connectivity index (χ1) is 9.02. The van der Waals surface area contributed by atoms with Crippen molar-refractivity contribution in [3.8, 4) is 0 Å². The number of nitrogens with zero attached hydrogens (tertiary/aromatic N) is 2. The summed E-state index contributed by atoms with van der Waals surface area (Å²) >= 11 is 0. The lowest BCUT2D eigenvalue weighted by Crippen LogP contribution is -2.26. The van der Waals surface area contributed by atoms with Gasteiger partial charge in [-0.2, -0.15) is 0 Å². The number of aliphatic hydroxyl groups excluding tert-OH is 1. The molecule has 2 rings (SSSR count). The number of nitrogens with one attached hydrogen (secondary N) is 1. The maximum atomic E-state index is 11.8. The van der Waals surface area contributed by atoms with Crippen LogP contribution >= 0.6 is 0 Å². The number of β-amino-alcohol motifs (C(OH)–C–C–N with tert-alkyl or cyclic N) is 1. The van der Waals surface area contributed by atoms with E-state index in [9.17, 15) is 20.0 Å². The van der Waals surface area contributed by atoms with Crippen LogP contribution in [-0.2, 0) is 0 Å². The Morgan fingerprint density at radius 2 is 2.32 bits per heavy atom. The number of anilines is 1. The topological polar surface area (TPSA) is 95.7 Å². The summed E-state index contributed by atoms with van der Waals surface area (Å²) in [6.45, 7) is 1.06. The van der Waals surface area contributed by atoms with E-state index >= 15 is 0 Å². The van der Waals surface area contributed by atoms with E-state index < -0.39 is 11.0 Å². The molecular weight excluding hydrogens is 250 g/mol. The number of carbonyl (C=O) groups is 1. The quantitative estimate of drug-likeness (QED) is 0.613. The Morgan fingerprint density at radius 3 is 2.84 bits per heavy atom. The van der Waals surface area contributed by atoms with Crippen LogP contribution in [0.1, 0.15) is 16.8 Å². The highest BCUT2D eigenvalue weighted by atomic mass is 16.6. The molecule has 102 valence electrons. The molecule has 1 amide bonds. The molecule has 1 fully saturated rings. The van der Waals surface area contributed by atoms with Gasteiger partial charge in [0.25, 0.3) is 11.6 Å². The van der Waals surface area contributed by atoms with Crippen LogP contribution in [-0.4, -0.2) is 42.2 Å². The third-order valence-corrected chi connectivity index (χ3v) is 3.17. The fourth-order valence-corrected chi connectivity index (χ4v) is 2.19. The normalized spacial score (nSPS) is 18.4. The smallest absolute Gasteiger partial charge is 0.270 e. The summed E-state index contributed by atoms with van der Waals surface area (Å²) in [7, 11) is 1.48. The van der Waals surface area contributed by atoms with E-state index in [2.05, 4.69) is 5.32 Å². The summed E-state index contributed by atoms with van der Waals surface area (Å²) in [6.07, 6.45) is 0.206. The van der Waals surface area contributed by atoms with Crippen molar-refractivity contribution in [2.75, 3.05) is 25.0 Å². The lowest BCUT2D eigenvalue weighted by atomic mass is 10.1. The molecule has 19 heavy (non-hydrogen) atoms.